The largest absolute Gasteiger partial charge is 0.453 e. The molecular weight excluding hydrogens is 555 g/mol. The monoisotopic (exact) mass is 574 g/mol. The fourth-order valence-corrected chi connectivity index (χ4v) is 4.25. The van der Waals surface area contributed by atoms with Gasteiger partial charge in [-0.2, -0.15) is 39.5 Å². The molecule has 0 aliphatic rings. The van der Waals surface area contributed by atoms with Crippen molar-refractivity contribution in [2.24, 2.45) is 0 Å². The number of rotatable bonds is 5. The van der Waals surface area contributed by atoms with Crippen LogP contribution in [0, 0.1) is 0 Å². The van der Waals surface area contributed by atoms with Gasteiger partial charge in [0.2, 0.25) is 0 Å². The number of amides is 1. The number of aromatic nitrogens is 1. The van der Waals surface area contributed by atoms with Gasteiger partial charge < -0.3 is 9.72 Å². The molecule has 4 rings (SSSR count). The first-order chi connectivity index (χ1) is 18.6. The zero-order valence-corrected chi connectivity index (χ0v) is 20.4. The number of hydrogen-bond acceptors (Lipinski definition) is 2. The molecule has 0 saturated heterocycles. The van der Waals surface area contributed by atoms with Gasteiger partial charge in [-0.3, -0.25) is 4.90 Å². The lowest BCUT2D eigenvalue weighted by molar-refractivity contribution is -0.143. The van der Waals surface area contributed by atoms with Crippen molar-refractivity contribution < 1.29 is 49.0 Å². The van der Waals surface area contributed by atoms with Crippen LogP contribution in [-0.2, 0) is 36.4 Å². The number of alkyl halides is 9. The van der Waals surface area contributed by atoms with Crippen LogP contribution in [0.15, 0.2) is 66.9 Å². The molecule has 3 aromatic carbocycles. The fourth-order valence-electron chi connectivity index (χ4n) is 4.25. The summed E-state index contributed by atoms with van der Waals surface area (Å²) in [4.78, 5) is 16.3. The van der Waals surface area contributed by atoms with E-state index in [1.807, 2.05) is 0 Å². The molecule has 1 aromatic heterocycles. The molecule has 0 bridgehead atoms. The van der Waals surface area contributed by atoms with Crippen LogP contribution < -0.4 is 0 Å². The number of benzene rings is 3. The lowest BCUT2D eigenvalue weighted by atomic mass is 9.96. The third-order valence-electron chi connectivity index (χ3n) is 6.11. The van der Waals surface area contributed by atoms with Crippen LogP contribution in [-0.4, -0.2) is 23.1 Å². The molecule has 1 N–H and O–H groups in total. The van der Waals surface area contributed by atoms with Gasteiger partial charge in [0.05, 0.1) is 23.8 Å². The average Bonchev–Trinajstić information content (AvgIpc) is 3.34. The number of H-pyrrole nitrogens is 1. The fraction of sp³-hybridized carbons (Fsp3) is 0.222. The highest BCUT2D eigenvalue weighted by molar-refractivity contribution is 5.85. The van der Waals surface area contributed by atoms with Crippen LogP contribution >= 0.6 is 0 Å². The molecule has 4 aromatic rings. The molecule has 0 unspecified atom stereocenters. The van der Waals surface area contributed by atoms with E-state index in [0.717, 1.165) is 35.0 Å². The average molecular weight is 574 g/mol. The minimum atomic E-state index is -5.13. The molecule has 13 heteroatoms. The zero-order valence-electron chi connectivity index (χ0n) is 20.4. The number of halogens is 9. The van der Waals surface area contributed by atoms with E-state index in [2.05, 4.69) is 9.72 Å². The third kappa shape index (κ3) is 6.35. The van der Waals surface area contributed by atoms with Gasteiger partial charge in [0.15, 0.2) is 0 Å². The number of hydrogen-bond donors (Lipinski definition) is 1. The molecule has 0 spiro atoms. The molecule has 0 fully saturated rings. The lowest BCUT2D eigenvalue weighted by Crippen LogP contribution is -2.30. The van der Waals surface area contributed by atoms with Crippen molar-refractivity contribution in [3.8, 4) is 11.1 Å². The van der Waals surface area contributed by atoms with Crippen molar-refractivity contribution in [3.05, 3.63) is 94.7 Å². The highest BCUT2D eigenvalue weighted by Crippen LogP contribution is 2.38. The van der Waals surface area contributed by atoms with Crippen molar-refractivity contribution in [3.63, 3.8) is 0 Å². The van der Waals surface area contributed by atoms with Crippen LogP contribution in [0.3, 0.4) is 0 Å². The first-order valence-corrected chi connectivity index (χ1v) is 11.4. The smallest absolute Gasteiger partial charge is 0.416 e. The highest BCUT2D eigenvalue weighted by Gasteiger charge is 2.37. The van der Waals surface area contributed by atoms with Gasteiger partial charge in [0, 0.05) is 24.8 Å². The van der Waals surface area contributed by atoms with Crippen LogP contribution in [0.25, 0.3) is 22.0 Å². The van der Waals surface area contributed by atoms with Gasteiger partial charge in [-0.1, -0.05) is 12.1 Å². The number of carbonyl (C=O) groups is 1. The van der Waals surface area contributed by atoms with Crippen molar-refractivity contribution in [2.75, 3.05) is 7.11 Å². The Morgan fingerprint density at radius 1 is 0.750 bits per heavy atom. The minimum Gasteiger partial charge on any atom is -0.453 e. The topological polar surface area (TPSA) is 45.3 Å². The number of nitrogens with one attached hydrogen (secondary N) is 1. The van der Waals surface area contributed by atoms with E-state index in [-0.39, 0.29) is 17.2 Å². The molecule has 40 heavy (non-hydrogen) atoms. The predicted octanol–water partition coefficient (Wildman–Crippen LogP) is 8.66. The summed E-state index contributed by atoms with van der Waals surface area (Å²) in [5, 5.41) is 0.733. The second kappa shape index (κ2) is 10.4. The first-order valence-electron chi connectivity index (χ1n) is 11.4. The summed E-state index contributed by atoms with van der Waals surface area (Å²) in [6.45, 7) is -1.43. The SMILES string of the molecule is COC(=O)N(Cc1cc(C(F)(F)F)cc(C(F)(F)F)c1)Cc1cc(C(F)(F)F)ccc1-c1ccc2[nH]ccc2c1. The van der Waals surface area contributed by atoms with Gasteiger partial charge in [0.25, 0.3) is 0 Å². The Balaban J connectivity index is 1.80. The quantitative estimate of drug-likeness (QED) is 0.243. The molecule has 1 heterocycles. The molecule has 0 saturated carbocycles. The normalized spacial score (nSPS) is 12.6. The van der Waals surface area contributed by atoms with Crippen molar-refractivity contribution >= 4 is 17.0 Å². The van der Waals surface area contributed by atoms with Crippen LogP contribution in [0.5, 0.6) is 0 Å². The Kier molecular flexibility index (Phi) is 7.52. The molecule has 0 atom stereocenters. The highest BCUT2D eigenvalue weighted by atomic mass is 19.4. The van der Waals surface area contributed by atoms with E-state index in [0.29, 0.717) is 17.7 Å². The summed E-state index contributed by atoms with van der Waals surface area (Å²) in [5.41, 5.74) is -3.36. The van der Waals surface area contributed by atoms with Crippen molar-refractivity contribution in [1.82, 2.24) is 9.88 Å². The van der Waals surface area contributed by atoms with Gasteiger partial charge in [-0.15, -0.1) is 0 Å². The second-order valence-corrected chi connectivity index (χ2v) is 8.89. The Hall–Kier alpha value is -4.16. The van der Waals surface area contributed by atoms with Gasteiger partial charge in [-0.05, 0) is 76.2 Å². The van der Waals surface area contributed by atoms with E-state index >= 15 is 0 Å². The lowest BCUT2D eigenvalue weighted by Gasteiger charge is -2.24. The number of methoxy groups -OCH3 is 1. The van der Waals surface area contributed by atoms with Crippen LogP contribution in [0.2, 0.25) is 0 Å². The first kappa shape index (κ1) is 28.8. The molecule has 0 aliphatic heterocycles. The van der Waals surface area contributed by atoms with E-state index in [4.69, 9.17) is 0 Å². The standard InChI is InChI=1S/C27H19F9N2O2/c1-40-24(39)38(13-15-8-20(26(31,32)33)12-21(9-15)27(34,35)36)14-18-11-19(25(28,29)30)3-4-22(18)16-2-5-23-17(10-16)6-7-37-23/h2-12,37H,13-14H2,1H3. The number of carbonyl (C=O) groups excluding carboxylic acids is 1. The second-order valence-electron chi connectivity index (χ2n) is 8.89. The van der Waals surface area contributed by atoms with E-state index < -0.39 is 60.0 Å². The molecule has 0 radical (unpaired) electrons. The summed E-state index contributed by atoms with van der Waals surface area (Å²) in [6, 6.07) is 10.3. The molecular formula is C27H19F9N2O2. The summed E-state index contributed by atoms with van der Waals surface area (Å²) in [7, 11) is 0.926. The Morgan fingerprint density at radius 2 is 1.38 bits per heavy atom. The summed E-state index contributed by atoms with van der Waals surface area (Å²) < 4.78 is 125. The number of ether oxygens (including phenoxy) is 1. The third-order valence-corrected chi connectivity index (χ3v) is 6.11. The molecule has 4 nitrogen and oxygen atoms in total. The van der Waals surface area contributed by atoms with Gasteiger partial charge in [0.1, 0.15) is 0 Å². The molecule has 1 amide bonds. The maximum Gasteiger partial charge on any atom is 0.416 e. The Morgan fingerprint density at radius 3 is 1.95 bits per heavy atom. The van der Waals surface area contributed by atoms with Crippen LogP contribution in [0.1, 0.15) is 27.8 Å². The maximum atomic E-state index is 13.6. The maximum absolute atomic E-state index is 13.6. The Bertz CT molecular complexity index is 1500. The van der Waals surface area contributed by atoms with Crippen molar-refractivity contribution in [1.29, 1.82) is 0 Å². The minimum absolute atomic E-state index is 0.0573. The zero-order chi connectivity index (χ0) is 29.5. The molecule has 212 valence electrons. The van der Waals surface area contributed by atoms with E-state index in [1.54, 1.807) is 30.5 Å². The number of aromatic amines is 1. The number of fused-ring (bicyclic) bond motifs is 1. The summed E-state index contributed by atoms with van der Waals surface area (Å²) >= 11 is 0. The van der Waals surface area contributed by atoms with Crippen molar-refractivity contribution in [2.45, 2.75) is 31.6 Å². The molecule has 0 aliphatic carbocycles. The van der Waals surface area contributed by atoms with Crippen LogP contribution in [0.4, 0.5) is 44.3 Å². The number of nitrogens with zero attached hydrogens (tertiary/aromatic N) is 1. The van der Waals surface area contributed by atoms with E-state index in [9.17, 15) is 44.3 Å². The summed E-state index contributed by atoms with van der Waals surface area (Å²) in [5.74, 6) is 0. The van der Waals surface area contributed by atoms with Gasteiger partial charge >= 0.3 is 24.6 Å². The predicted molar refractivity (Wildman–Crippen MR) is 127 cm³/mol. The van der Waals surface area contributed by atoms with Gasteiger partial charge in [-0.25, -0.2) is 4.79 Å². The summed E-state index contributed by atoms with van der Waals surface area (Å²) in [6.07, 6.45) is -14.5. The van der Waals surface area contributed by atoms with E-state index in [1.165, 1.54) is 6.07 Å². The Labute approximate surface area is 221 Å².